The molecule has 4 heteroatoms. The second-order valence-corrected chi connectivity index (χ2v) is 4.34. The van der Waals surface area contributed by atoms with Gasteiger partial charge in [0.25, 0.3) is 0 Å². The fourth-order valence-electron chi connectivity index (χ4n) is 1.95. The summed E-state index contributed by atoms with van der Waals surface area (Å²) in [5.74, 6) is 0.835. The molecule has 1 fully saturated rings. The van der Waals surface area contributed by atoms with Crippen LogP contribution < -0.4 is 4.90 Å². The molecule has 0 N–H and O–H groups in total. The van der Waals surface area contributed by atoms with Gasteiger partial charge in [0.2, 0.25) is 0 Å². The second-order valence-electron chi connectivity index (χ2n) is 4.34. The third kappa shape index (κ3) is 2.26. The van der Waals surface area contributed by atoms with Crippen molar-refractivity contribution in [2.75, 3.05) is 32.1 Å². The van der Waals surface area contributed by atoms with Crippen LogP contribution >= 0.6 is 0 Å². The van der Waals surface area contributed by atoms with Crippen molar-refractivity contribution in [2.45, 2.75) is 19.4 Å². The van der Waals surface area contributed by atoms with E-state index in [1.165, 1.54) is 6.42 Å². The van der Waals surface area contributed by atoms with E-state index in [-0.39, 0.29) is 0 Å². The van der Waals surface area contributed by atoms with Gasteiger partial charge in [-0.1, -0.05) is 0 Å². The van der Waals surface area contributed by atoms with Gasteiger partial charge in [-0.25, -0.2) is 9.97 Å². The van der Waals surface area contributed by atoms with Gasteiger partial charge in [-0.3, -0.25) is 0 Å². The monoisotopic (exact) mass is 206 g/mol. The van der Waals surface area contributed by atoms with Crippen molar-refractivity contribution in [3.63, 3.8) is 0 Å². The summed E-state index contributed by atoms with van der Waals surface area (Å²) in [7, 11) is 4.28. The molecule has 15 heavy (non-hydrogen) atoms. The first kappa shape index (κ1) is 10.4. The zero-order valence-electron chi connectivity index (χ0n) is 9.64. The molecular weight excluding hydrogens is 188 g/mol. The Bertz CT molecular complexity index is 320. The first-order valence-electron chi connectivity index (χ1n) is 5.37. The quantitative estimate of drug-likeness (QED) is 0.720. The van der Waals surface area contributed by atoms with Gasteiger partial charge in [0.05, 0.1) is 18.1 Å². The Labute approximate surface area is 90.9 Å². The lowest BCUT2D eigenvalue weighted by molar-refractivity contribution is 0.315. The highest BCUT2D eigenvalue weighted by molar-refractivity contribution is 5.43. The minimum absolute atomic E-state index is 0.659. The maximum absolute atomic E-state index is 4.23. The third-order valence-electron chi connectivity index (χ3n) is 3.03. The molecular formula is C11H18N4. The van der Waals surface area contributed by atoms with Crippen LogP contribution in [0.1, 0.15) is 12.2 Å². The van der Waals surface area contributed by atoms with E-state index in [0.717, 1.165) is 24.6 Å². The van der Waals surface area contributed by atoms with Gasteiger partial charge in [-0.05, 0) is 27.4 Å². The molecule has 1 atom stereocenters. The van der Waals surface area contributed by atoms with Crippen molar-refractivity contribution in [3.8, 4) is 0 Å². The number of likely N-dealkylation sites (N-methyl/N-ethyl adjacent to an activating group) is 1. The fourth-order valence-corrected chi connectivity index (χ4v) is 1.95. The van der Waals surface area contributed by atoms with Crippen molar-refractivity contribution in [2.24, 2.45) is 0 Å². The molecule has 0 saturated carbocycles. The summed E-state index contributed by atoms with van der Waals surface area (Å²) in [6.07, 6.45) is 5.06. The minimum Gasteiger partial charge on any atom is -0.367 e. The normalized spacial score (nSPS) is 21.3. The molecule has 1 aliphatic rings. The Morgan fingerprint density at radius 2 is 2.00 bits per heavy atom. The van der Waals surface area contributed by atoms with Crippen molar-refractivity contribution in [1.82, 2.24) is 14.9 Å². The molecule has 1 aromatic heterocycles. The van der Waals surface area contributed by atoms with Crippen LogP contribution in [-0.2, 0) is 0 Å². The molecule has 0 amide bonds. The lowest BCUT2D eigenvalue weighted by atomic mass is 10.2. The molecule has 2 heterocycles. The Kier molecular flexibility index (Phi) is 2.86. The van der Waals surface area contributed by atoms with Crippen LogP contribution in [0.3, 0.4) is 0 Å². The van der Waals surface area contributed by atoms with Crippen LogP contribution in [0.25, 0.3) is 0 Å². The van der Waals surface area contributed by atoms with Gasteiger partial charge < -0.3 is 9.80 Å². The third-order valence-corrected chi connectivity index (χ3v) is 3.03. The first-order valence-corrected chi connectivity index (χ1v) is 5.37. The van der Waals surface area contributed by atoms with Gasteiger partial charge in [-0.15, -0.1) is 0 Å². The SMILES string of the molecule is Cc1ncc(N2CCC(N(C)C)C2)cn1. The van der Waals surface area contributed by atoms with Crippen LogP contribution in [0.5, 0.6) is 0 Å². The molecule has 4 nitrogen and oxygen atoms in total. The Balaban J connectivity index is 2.04. The summed E-state index contributed by atoms with van der Waals surface area (Å²) < 4.78 is 0. The maximum atomic E-state index is 4.23. The van der Waals surface area contributed by atoms with Crippen LogP contribution in [0.4, 0.5) is 5.69 Å². The molecule has 0 radical (unpaired) electrons. The molecule has 0 aliphatic carbocycles. The second kappa shape index (κ2) is 4.14. The average molecular weight is 206 g/mol. The summed E-state index contributed by atoms with van der Waals surface area (Å²) in [6, 6.07) is 0.659. The number of rotatable bonds is 2. The zero-order valence-corrected chi connectivity index (χ0v) is 9.64. The fraction of sp³-hybridized carbons (Fsp3) is 0.636. The van der Waals surface area contributed by atoms with E-state index in [1.54, 1.807) is 0 Å². The van der Waals surface area contributed by atoms with Crippen LogP contribution in [0.2, 0.25) is 0 Å². The number of hydrogen-bond acceptors (Lipinski definition) is 4. The van der Waals surface area contributed by atoms with Gasteiger partial charge >= 0.3 is 0 Å². The zero-order chi connectivity index (χ0) is 10.8. The summed E-state index contributed by atoms with van der Waals surface area (Å²) in [6.45, 7) is 4.10. The van der Waals surface area contributed by atoms with E-state index in [4.69, 9.17) is 0 Å². The molecule has 1 aliphatic heterocycles. The number of aromatic nitrogens is 2. The molecule has 82 valence electrons. The highest BCUT2D eigenvalue weighted by Gasteiger charge is 2.24. The number of nitrogens with zero attached hydrogens (tertiary/aromatic N) is 4. The van der Waals surface area contributed by atoms with Crippen molar-refractivity contribution < 1.29 is 0 Å². The largest absolute Gasteiger partial charge is 0.367 e. The molecule has 1 saturated heterocycles. The predicted octanol–water partition coefficient (Wildman–Crippen LogP) is 0.925. The summed E-state index contributed by atoms with van der Waals surface area (Å²) >= 11 is 0. The van der Waals surface area contributed by atoms with Crippen LogP contribution in [0, 0.1) is 6.92 Å². The van der Waals surface area contributed by atoms with E-state index >= 15 is 0 Å². The molecule has 0 spiro atoms. The molecule has 0 bridgehead atoms. The highest BCUT2D eigenvalue weighted by Crippen LogP contribution is 2.20. The average Bonchev–Trinajstić information content (AvgIpc) is 2.68. The molecule has 1 aromatic rings. The van der Waals surface area contributed by atoms with Crippen molar-refractivity contribution in [3.05, 3.63) is 18.2 Å². The maximum Gasteiger partial charge on any atom is 0.125 e. The summed E-state index contributed by atoms with van der Waals surface area (Å²) in [5, 5.41) is 0. The first-order chi connectivity index (χ1) is 7.16. The summed E-state index contributed by atoms with van der Waals surface area (Å²) in [5.41, 5.74) is 1.14. The van der Waals surface area contributed by atoms with E-state index in [0.29, 0.717) is 6.04 Å². The standard InChI is InChI=1S/C11H18N4/c1-9-12-6-11(7-13-9)15-5-4-10(8-15)14(2)3/h6-7,10H,4-5,8H2,1-3H3. The van der Waals surface area contributed by atoms with Gasteiger partial charge in [0, 0.05) is 19.1 Å². The summed E-state index contributed by atoms with van der Waals surface area (Å²) in [4.78, 5) is 13.1. The van der Waals surface area contributed by atoms with Crippen molar-refractivity contribution >= 4 is 5.69 Å². The predicted molar refractivity (Wildman–Crippen MR) is 61.1 cm³/mol. The van der Waals surface area contributed by atoms with Gasteiger partial charge in [0.15, 0.2) is 0 Å². The Hall–Kier alpha value is -1.16. The highest BCUT2D eigenvalue weighted by atomic mass is 15.2. The molecule has 1 unspecified atom stereocenters. The van der Waals surface area contributed by atoms with E-state index in [1.807, 2.05) is 19.3 Å². The van der Waals surface area contributed by atoms with E-state index in [2.05, 4.69) is 33.9 Å². The number of anilines is 1. The van der Waals surface area contributed by atoms with Gasteiger partial charge in [-0.2, -0.15) is 0 Å². The minimum atomic E-state index is 0.659. The Morgan fingerprint density at radius 1 is 1.33 bits per heavy atom. The smallest absolute Gasteiger partial charge is 0.125 e. The van der Waals surface area contributed by atoms with Gasteiger partial charge in [0.1, 0.15) is 5.82 Å². The van der Waals surface area contributed by atoms with Crippen LogP contribution in [0.15, 0.2) is 12.4 Å². The Morgan fingerprint density at radius 3 is 2.53 bits per heavy atom. The lowest BCUT2D eigenvalue weighted by Gasteiger charge is -2.21. The lowest BCUT2D eigenvalue weighted by Crippen LogP contribution is -2.31. The van der Waals surface area contributed by atoms with E-state index in [9.17, 15) is 0 Å². The number of hydrogen-bond donors (Lipinski definition) is 0. The topological polar surface area (TPSA) is 32.3 Å². The van der Waals surface area contributed by atoms with Crippen molar-refractivity contribution in [1.29, 1.82) is 0 Å². The molecule has 2 rings (SSSR count). The van der Waals surface area contributed by atoms with Crippen LogP contribution in [-0.4, -0.2) is 48.1 Å². The molecule has 0 aromatic carbocycles. The number of aryl methyl sites for hydroxylation is 1. The van der Waals surface area contributed by atoms with E-state index < -0.39 is 0 Å².